The van der Waals surface area contributed by atoms with Crippen LogP contribution in [0.4, 0.5) is 0 Å². The van der Waals surface area contributed by atoms with Crippen molar-refractivity contribution >= 4 is 33.4 Å². The lowest BCUT2D eigenvalue weighted by Crippen LogP contribution is -2.40. The zero-order chi connectivity index (χ0) is 16.1. The van der Waals surface area contributed by atoms with Crippen LogP contribution in [-0.2, 0) is 0 Å². The average molecular weight is 365 g/mol. The molecule has 0 fully saturated rings. The number of hydrogen-bond donors (Lipinski definition) is 2. The van der Waals surface area contributed by atoms with Crippen LogP contribution in [0.1, 0.15) is 51.9 Å². The Morgan fingerprint density at radius 3 is 2.15 bits per heavy atom. The number of halogens is 2. The van der Waals surface area contributed by atoms with E-state index in [1.54, 1.807) is 0 Å². The molecule has 0 unspecified atom stereocenters. The van der Waals surface area contributed by atoms with Gasteiger partial charge in [-0.05, 0) is 63.5 Å². The van der Waals surface area contributed by atoms with E-state index < -0.39 is 0 Å². The van der Waals surface area contributed by atoms with Crippen LogP contribution in [0.2, 0.25) is 5.15 Å². The number of aromatic nitrogens is 1. The second-order valence-corrected chi connectivity index (χ2v) is 7.80. The Morgan fingerprint density at radius 2 is 1.75 bits per heavy atom. The van der Waals surface area contributed by atoms with Gasteiger partial charge in [-0.25, -0.2) is 4.98 Å². The van der Waals surface area contributed by atoms with Gasteiger partial charge < -0.3 is 11.1 Å². The number of carbonyl (C=O) groups excluding carboxylic acids is 1. The minimum atomic E-state index is -0.272. The van der Waals surface area contributed by atoms with Crippen LogP contribution in [0.5, 0.6) is 0 Å². The molecule has 1 heterocycles. The molecule has 6 heteroatoms. The summed E-state index contributed by atoms with van der Waals surface area (Å²) in [6.07, 6.45) is 1.51. The first-order valence-corrected chi connectivity index (χ1v) is 7.39. The van der Waals surface area contributed by atoms with Crippen molar-refractivity contribution in [1.29, 1.82) is 0 Å². The molecule has 0 bridgehead atoms. The highest BCUT2D eigenvalue weighted by atomic mass is 79.9. The first kappa shape index (κ1) is 19.4. The van der Waals surface area contributed by atoms with E-state index >= 15 is 0 Å². The first-order valence-electron chi connectivity index (χ1n) is 6.22. The van der Waals surface area contributed by atoms with Crippen LogP contribution in [0.3, 0.4) is 0 Å². The molecule has 0 atom stereocenters. The van der Waals surface area contributed by atoms with Gasteiger partial charge in [0, 0.05) is 21.7 Å². The Morgan fingerprint density at radius 1 is 1.30 bits per heavy atom. The van der Waals surface area contributed by atoms with Gasteiger partial charge in [0.15, 0.2) is 0 Å². The lowest BCUT2D eigenvalue weighted by molar-refractivity contribution is 0.0918. The van der Waals surface area contributed by atoms with Crippen LogP contribution in [0, 0.1) is 0 Å². The first-order chi connectivity index (χ1) is 8.79. The molecule has 20 heavy (non-hydrogen) atoms. The summed E-state index contributed by atoms with van der Waals surface area (Å²) in [5.74, 6) is -0.168. The van der Waals surface area contributed by atoms with Gasteiger partial charge in [-0.1, -0.05) is 11.6 Å². The van der Waals surface area contributed by atoms with Crippen molar-refractivity contribution in [1.82, 2.24) is 10.3 Å². The summed E-state index contributed by atoms with van der Waals surface area (Å²) in [6.45, 7) is 11.7. The number of carbonyl (C=O) groups is 1. The molecule has 0 aliphatic rings. The topological polar surface area (TPSA) is 68.0 Å². The SMILES string of the molecule is CC(C)(C)N.CC(C)(C)NC(=O)c1cc(Cl)ncc1Br. The molecular weight excluding hydrogens is 342 g/mol. The highest BCUT2D eigenvalue weighted by Crippen LogP contribution is 2.19. The zero-order valence-electron chi connectivity index (χ0n) is 12.8. The van der Waals surface area contributed by atoms with Crippen LogP contribution in [-0.4, -0.2) is 22.0 Å². The van der Waals surface area contributed by atoms with Gasteiger partial charge in [0.1, 0.15) is 5.15 Å². The molecular formula is C14H23BrClN3O. The van der Waals surface area contributed by atoms with E-state index in [-0.39, 0.29) is 17.0 Å². The third-order valence-electron chi connectivity index (χ3n) is 1.56. The predicted molar refractivity (Wildman–Crippen MR) is 88.1 cm³/mol. The van der Waals surface area contributed by atoms with Crippen molar-refractivity contribution in [3.05, 3.63) is 27.5 Å². The van der Waals surface area contributed by atoms with Crippen LogP contribution < -0.4 is 11.1 Å². The third-order valence-corrected chi connectivity index (χ3v) is 2.39. The van der Waals surface area contributed by atoms with Gasteiger partial charge >= 0.3 is 0 Å². The van der Waals surface area contributed by atoms with Crippen LogP contribution >= 0.6 is 27.5 Å². The smallest absolute Gasteiger partial charge is 0.252 e. The summed E-state index contributed by atoms with van der Waals surface area (Å²) in [7, 11) is 0. The average Bonchev–Trinajstić information content (AvgIpc) is 2.16. The molecule has 0 spiro atoms. The maximum Gasteiger partial charge on any atom is 0.252 e. The second kappa shape index (κ2) is 7.38. The number of nitrogens with two attached hydrogens (primary N) is 1. The van der Waals surface area contributed by atoms with E-state index in [9.17, 15) is 4.79 Å². The number of pyridine rings is 1. The highest BCUT2D eigenvalue weighted by Gasteiger charge is 2.17. The fourth-order valence-electron chi connectivity index (χ4n) is 0.995. The van der Waals surface area contributed by atoms with E-state index in [4.69, 9.17) is 17.3 Å². The summed E-state index contributed by atoms with van der Waals surface area (Å²) in [6, 6.07) is 1.53. The molecule has 4 nitrogen and oxygen atoms in total. The Balaban J connectivity index is 0.000000621. The quantitative estimate of drug-likeness (QED) is 0.745. The number of rotatable bonds is 1. The van der Waals surface area contributed by atoms with E-state index in [2.05, 4.69) is 26.2 Å². The van der Waals surface area contributed by atoms with E-state index in [1.807, 2.05) is 41.5 Å². The molecule has 0 aromatic carbocycles. The van der Waals surface area contributed by atoms with Gasteiger partial charge in [-0.3, -0.25) is 4.79 Å². The molecule has 1 rings (SSSR count). The minimum Gasteiger partial charge on any atom is -0.347 e. The summed E-state index contributed by atoms with van der Waals surface area (Å²) >= 11 is 8.98. The van der Waals surface area contributed by atoms with Crippen LogP contribution in [0.15, 0.2) is 16.7 Å². The molecule has 1 aromatic heterocycles. The zero-order valence-corrected chi connectivity index (χ0v) is 15.2. The molecule has 114 valence electrons. The Bertz CT molecular complexity index is 458. The summed E-state index contributed by atoms with van der Waals surface area (Å²) in [5.41, 5.74) is 5.57. The molecule has 3 N–H and O–H groups in total. The van der Waals surface area contributed by atoms with Gasteiger partial charge in [0.25, 0.3) is 5.91 Å². The number of amides is 1. The van der Waals surface area contributed by atoms with Crippen molar-refractivity contribution in [3.63, 3.8) is 0 Å². The largest absolute Gasteiger partial charge is 0.347 e. The molecule has 0 saturated carbocycles. The van der Waals surface area contributed by atoms with Gasteiger partial charge in [-0.15, -0.1) is 0 Å². The maximum atomic E-state index is 11.8. The lowest BCUT2D eigenvalue weighted by atomic mass is 10.1. The summed E-state index contributed by atoms with van der Waals surface area (Å²) < 4.78 is 0.633. The second-order valence-electron chi connectivity index (χ2n) is 6.56. The third kappa shape index (κ3) is 10.2. The predicted octanol–water partition coefficient (Wildman–Crippen LogP) is 3.77. The van der Waals surface area contributed by atoms with E-state index in [1.165, 1.54) is 12.3 Å². The Labute approximate surface area is 134 Å². The fraction of sp³-hybridized carbons (Fsp3) is 0.571. The van der Waals surface area contributed by atoms with Crippen molar-refractivity contribution < 1.29 is 4.79 Å². The van der Waals surface area contributed by atoms with Gasteiger partial charge in [0.2, 0.25) is 0 Å². The minimum absolute atomic E-state index is 0. The molecule has 0 saturated heterocycles. The molecule has 0 aliphatic carbocycles. The molecule has 1 amide bonds. The number of nitrogens with one attached hydrogen (secondary N) is 1. The molecule has 1 aromatic rings. The number of nitrogens with zero attached hydrogens (tertiary/aromatic N) is 1. The van der Waals surface area contributed by atoms with Crippen molar-refractivity contribution in [3.8, 4) is 0 Å². The fourth-order valence-corrected chi connectivity index (χ4v) is 1.55. The van der Waals surface area contributed by atoms with Crippen molar-refractivity contribution in [2.75, 3.05) is 0 Å². The van der Waals surface area contributed by atoms with Crippen LogP contribution in [0.25, 0.3) is 0 Å². The summed E-state index contributed by atoms with van der Waals surface area (Å²) in [5, 5.41) is 3.15. The van der Waals surface area contributed by atoms with Crippen molar-refractivity contribution in [2.45, 2.75) is 52.6 Å². The lowest BCUT2D eigenvalue weighted by Gasteiger charge is -2.20. The van der Waals surface area contributed by atoms with Crippen molar-refractivity contribution in [2.24, 2.45) is 5.73 Å². The van der Waals surface area contributed by atoms with Gasteiger partial charge in [0.05, 0.1) is 5.56 Å². The Hall–Kier alpha value is -0.650. The van der Waals surface area contributed by atoms with E-state index in [0.29, 0.717) is 15.2 Å². The van der Waals surface area contributed by atoms with E-state index in [0.717, 1.165) is 0 Å². The number of hydrogen-bond acceptors (Lipinski definition) is 3. The summed E-state index contributed by atoms with van der Waals surface area (Å²) in [4.78, 5) is 15.7. The normalized spacial score (nSPS) is 11.4. The Kier molecular flexibility index (Phi) is 7.14. The maximum absolute atomic E-state index is 11.8. The highest BCUT2D eigenvalue weighted by molar-refractivity contribution is 9.10. The molecule has 0 aliphatic heterocycles. The standard InChI is InChI=1S/C10H12BrClN2O.C4H11N/c1-10(2,3)14-9(15)6-4-8(12)13-5-7(6)11;1-4(2,3)5/h4-5H,1-3H3,(H,14,15);5H2,1-3H3. The molecule has 0 radical (unpaired) electrons. The monoisotopic (exact) mass is 363 g/mol. The van der Waals surface area contributed by atoms with Gasteiger partial charge in [-0.2, -0.15) is 0 Å².